The lowest BCUT2D eigenvalue weighted by molar-refractivity contribution is 0.161. The minimum Gasteiger partial charge on any atom is -0.396 e. The van der Waals surface area contributed by atoms with Gasteiger partial charge in [-0.3, -0.25) is 0 Å². The standard InChI is InChI=1S/C13H28N2O/c1-12(2)15-9-6-13(7-10-15)14-8-4-3-5-11-16/h12-14,16H,3-11H2,1-2H3. The van der Waals surface area contributed by atoms with Crippen LogP contribution in [0.3, 0.4) is 0 Å². The molecule has 0 aromatic rings. The number of aliphatic hydroxyl groups excluding tert-OH is 1. The van der Waals surface area contributed by atoms with E-state index < -0.39 is 0 Å². The van der Waals surface area contributed by atoms with Gasteiger partial charge in [-0.05, 0) is 65.6 Å². The Morgan fingerprint density at radius 2 is 1.88 bits per heavy atom. The van der Waals surface area contributed by atoms with Gasteiger partial charge in [-0.1, -0.05) is 0 Å². The Labute approximate surface area is 100 Å². The average Bonchev–Trinajstić information content (AvgIpc) is 2.29. The fraction of sp³-hybridized carbons (Fsp3) is 1.00. The van der Waals surface area contributed by atoms with E-state index in [9.17, 15) is 0 Å². The van der Waals surface area contributed by atoms with E-state index in [2.05, 4.69) is 24.1 Å². The van der Waals surface area contributed by atoms with Gasteiger partial charge in [-0.15, -0.1) is 0 Å². The van der Waals surface area contributed by atoms with Crippen LogP contribution < -0.4 is 5.32 Å². The van der Waals surface area contributed by atoms with Gasteiger partial charge in [-0.2, -0.15) is 0 Å². The Kier molecular flexibility index (Phi) is 7.01. The predicted molar refractivity (Wildman–Crippen MR) is 68.7 cm³/mol. The molecule has 16 heavy (non-hydrogen) atoms. The largest absolute Gasteiger partial charge is 0.396 e. The molecule has 1 rings (SSSR count). The topological polar surface area (TPSA) is 35.5 Å². The first-order valence-corrected chi connectivity index (χ1v) is 6.82. The average molecular weight is 228 g/mol. The highest BCUT2D eigenvalue weighted by Gasteiger charge is 2.19. The zero-order valence-electron chi connectivity index (χ0n) is 10.9. The maximum Gasteiger partial charge on any atom is 0.0431 e. The molecule has 0 atom stereocenters. The molecular weight excluding hydrogens is 200 g/mol. The maximum atomic E-state index is 8.67. The molecule has 0 bridgehead atoms. The van der Waals surface area contributed by atoms with E-state index in [1.807, 2.05) is 0 Å². The van der Waals surface area contributed by atoms with Crippen LogP contribution >= 0.6 is 0 Å². The number of nitrogens with zero attached hydrogens (tertiary/aromatic N) is 1. The molecule has 3 heteroatoms. The van der Waals surface area contributed by atoms with Crippen LogP contribution in [0.15, 0.2) is 0 Å². The van der Waals surface area contributed by atoms with Crippen molar-refractivity contribution in [2.24, 2.45) is 0 Å². The summed E-state index contributed by atoms with van der Waals surface area (Å²) in [5.74, 6) is 0. The Hall–Kier alpha value is -0.120. The molecule has 0 unspecified atom stereocenters. The quantitative estimate of drug-likeness (QED) is 0.650. The molecule has 0 aliphatic carbocycles. The molecule has 1 aliphatic rings. The maximum absolute atomic E-state index is 8.67. The van der Waals surface area contributed by atoms with Gasteiger partial charge in [0.1, 0.15) is 0 Å². The van der Waals surface area contributed by atoms with E-state index in [4.69, 9.17) is 5.11 Å². The minimum atomic E-state index is 0.340. The third-order valence-electron chi connectivity index (χ3n) is 3.53. The summed E-state index contributed by atoms with van der Waals surface area (Å²) in [6.07, 6.45) is 5.88. The Bertz CT molecular complexity index is 165. The van der Waals surface area contributed by atoms with Crippen LogP contribution in [0, 0.1) is 0 Å². The van der Waals surface area contributed by atoms with E-state index in [0.29, 0.717) is 12.6 Å². The Morgan fingerprint density at radius 1 is 1.19 bits per heavy atom. The molecule has 0 aromatic carbocycles. The van der Waals surface area contributed by atoms with Gasteiger partial charge in [0.2, 0.25) is 0 Å². The highest BCUT2D eigenvalue weighted by Crippen LogP contribution is 2.12. The normalized spacial score (nSPS) is 19.5. The molecule has 96 valence electrons. The monoisotopic (exact) mass is 228 g/mol. The number of aliphatic hydroxyl groups is 1. The lowest BCUT2D eigenvalue weighted by Crippen LogP contribution is -2.45. The smallest absolute Gasteiger partial charge is 0.0431 e. The number of nitrogens with one attached hydrogen (secondary N) is 1. The Balaban J connectivity index is 1.99. The summed E-state index contributed by atoms with van der Waals surface area (Å²) in [4.78, 5) is 2.56. The lowest BCUT2D eigenvalue weighted by Gasteiger charge is -2.35. The van der Waals surface area contributed by atoms with Crippen molar-refractivity contribution in [2.45, 2.75) is 58.0 Å². The van der Waals surface area contributed by atoms with E-state index in [1.165, 1.54) is 32.4 Å². The van der Waals surface area contributed by atoms with Crippen LogP contribution in [-0.2, 0) is 0 Å². The molecule has 0 saturated carbocycles. The van der Waals surface area contributed by atoms with Gasteiger partial charge >= 0.3 is 0 Å². The van der Waals surface area contributed by atoms with Gasteiger partial charge in [-0.25, -0.2) is 0 Å². The van der Waals surface area contributed by atoms with Crippen molar-refractivity contribution in [3.63, 3.8) is 0 Å². The van der Waals surface area contributed by atoms with E-state index in [0.717, 1.165) is 25.4 Å². The van der Waals surface area contributed by atoms with Gasteiger partial charge in [0, 0.05) is 18.7 Å². The third kappa shape index (κ3) is 5.28. The van der Waals surface area contributed by atoms with Crippen molar-refractivity contribution >= 4 is 0 Å². The number of hydrogen-bond acceptors (Lipinski definition) is 3. The zero-order valence-corrected chi connectivity index (χ0v) is 10.9. The second-order valence-electron chi connectivity index (χ2n) is 5.14. The molecule has 1 saturated heterocycles. The molecule has 1 fully saturated rings. The van der Waals surface area contributed by atoms with Gasteiger partial charge < -0.3 is 15.3 Å². The fourth-order valence-electron chi connectivity index (χ4n) is 2.34. The van der Waals surface area contributed by atoms with Crippen molar-refractivity contribution in [1.82, 2.24) is 10.2 Å². The highest BCUT2D eigenvalue weighted by molar-refractivity contribution is 4.78. The van der Waals surface area contributed by atoms with Crippen molar-refractivity contribution < 1.29 is 5.11 Å². The van der Waals surface area contributed by atoms with E-state index >= 15 is 0 Å². The molecule has 1 heterocycles. The number of unbranched alkanes of at least 4 members (excludes halogenated alkanes) is 2. The summed E-state index contributed by atoms with van der Waals surface area (Å²) in [5.41, 5.74) is 0. The molecule has 3 nitrogen and oxygen atoms in total. The minimum absolute atomic E-state index is 0.340. The lowest BCUT2D eigenvalue weighted by atomic mass is 10.0. The van der Waals surface area contributed by atoms with Crippen LogP contribution in [0.1, 0.15) is 46.0 Å². The summed E-state index contributed by atoms with van der Waals surface area (Å²) in [5, 5.41) is 12.3. The second-order valence-corrected chi connectivity index (χ2v) is 5.14. The first-order valence-electron chi connectivity index (χ1n) is 6.82. The molecule has 0 radical (unpaired) electrons. The van der Waals surface area contributed by atoms with Gasteiger partial charge in [0.25, 0.3) is 0 Å². The number of rotatable bonds is 7. The number of hydrogen-bond donors (Lipinski definition) is 2. The summed E-state index contributed by atoms with van der Waals surface area (Å²) < 4.78 is 0. The van der Waals surface area contributed by atoms with Crippen molar-refractivity contribution in [2.75, 3.05) is 26.2 Å². The van der Waals surface area contributed by atoms with Crippen LogP contribution in [0.5, 0.6) is 0 Å². The van der Waals surface area contributed by atoms with Crippen molar-refractivity contribution in [3.05, 3.63) is 0 Å². The number of piperidine rings is 1. The molecule has 0 amide bonds. The van der Waals surface area contributed by atoms with Crippen molar-refractivity contribution in [1.29, 1.82) is 0 Å². The zero-order chi connectivity index (χ0) is 11.8. The summed E-state index contributed by atoms with van der Waals surface area (Å²) in [6, 6.07) is 1.43. The number of likely N-dealkylation sites (tertiary alicyclic amines) is 1. The molecule has 2 N–H and O–H groups in total. The molecule has 0 spiro atoms. The second kappa shape index (κ2) is 8.04. The van der Waals surface area contributed by atoms with Crippen molar-refractivity contribution in [3.8, 4) is 0 Å². The molecule has 1 aliphatic heterocycles. The van der Waals surface area contributed by atoms with Crippen LogP contribution in [0.2, 0.25) is 0 Å². The predicted octanol–water partition coefficient (Wildman–Crippen LogP) is 1.61. The summed E-state index contributed by atoms with van der Waals surface area (Å²) in [7, 11) is 0. The first kappa shape index (κ1) is 13.9. The van der Waals surface area contributed by atoms with E-state index in [1.54, 1.807) is 0 Å². The summed E-state index contributed by atoms with van der Waals surface area (Å²) >= 11 is 0. The first-order chi connectivity index (χ1) is 7.74. The van der Waals surface area contributed by atoms with Crippen LogP contribution in [0.4, 0.5) is 0 Å². The van der Waals surface area contributed by atoms with E-state index in [-0.39, 0.29) is 0 Å². The highest BCUT2D eigenvalue weighted by atomic mass is 16.2. The molecule has 0 aromatic heterocycles. The molecular formula is C13H28N2O. The fourth-order valence-corrected chi connectivity index (χ4v) is 2.34. The Morgan fingerprint density at radius 3 is 2.44 bits per heavy atom. The SMILES string of the molecule is CC(C)N1CCC(NCCCCCO)CC1. The van der Waals surface area contributed by atoms with Gasteiger partial charge in [0.05, 0.1) is 0 Å². The summed E-state index contributed by atoms with van der Waals surface area (Å²) in [6.45, 7) is 8.50. The van der Waals surface area contributed by atoms with Gasteiger partial charge in [0.15, 0.2) is 0 Å². The van der Waals surface area contributed by atoms with Crippen LogP contribution in [0.25, 0.3) is 0 Å². The van der Waals surface area contributed by atoms with Crippen LogP contribution in [-0.4, -0.2) is 48.3 Å². The third-order valence-corrected chi connectivity index (χ3v) is 3.53.